The maximum Gasteiger partial charge on any atom is 0.161 e. The van der Waals surface area contributed by atoms with Gasteiger partial charge in [0.1, 0.15) is 12.2 Å². The highest BCUT2D eigenvalue weighted by molar-refractivity contribution is 5.42. The number of ether oxygens (including phenoxy) is 2. The van der Waals surface area contributed by atoms with E-state index in [-0.39, 0.29) is 11.5 Å². The number of phenolic OH excluding ortho intramolecular Hbond substituents is 2. The molecule has 2 atom stereocenters. The number of para-hydroxylation sites is 2. The lowest BCUT2D eigenvalue weighted by atomic mass is 10.0. The Morgan fingerprint density at radius 1 is 0.952 bits per heavy atom. The standard InChI is InChI=1S/C16H18O5/c1-10(21-15-6-4-3-5-14(15)20-2)16(19)11-7-8-12(17)13(18)9-11/h3-10,16-19H,1-2H3. The van der Waals surface area contributed by atoms with Crippen molar-refractivity contribution in [1.82, 2.24) is 0 Å². The number of phenols is 2. The fourth-order valence-electron chi connectivity index (χ4n) is 1.98. The topological polar surface area (TPSA) is 79.2 Å². The number of aliphatic hydroxyl groups excluding tert-OH is 1. The highest BCUT2D eigenvalue weighted by Crippen LogP contribution is 2.32. The van der Waals surface area contributed by atoms with E-state index in [4.69, 9.17) is 9.47 Å². The molecule has 0 aliphatic carbocycles. The minimum Gasteiger partial charge on any atom is -0.504 e. The van der Waals surface area contributed by atoms with E-state index in [0.29, 0.717) is 17.1 Å². The second-order valence-corrected chi connectivity index (χ2v) is 4.67. The van der Waals surface area contributed by atoms with Crippen LogP contribution < -0.4 is 9.47 Å². The van der Waals surface area contributed by atoms with Crippen molar-refractivity contribution in [2.75, 3.05) is 7.11 Å². The second-order valence-electron chi connectivity index (χ2n) is 4.67. The quantitative estimate of drug-likeness (QED) is 0.738. The van der Waals surface area contributed by atoms with E-state index in [1.807, 2.05) is 12.1 Å². The Hall–Kier alpha value is -2.40. The van der Waals surface area contributed by atoms with Gasteiger partial charge in [-0.3, -0.25) is 0 Å². The molecule has 2 aromatic rings. The van der Waals surface area contributed by atoms with Crippen molar-refractivity contribution in [3.05, 3.63) is 48.0 Å². The van der Waals surface area contributed by atoms with Crippen molar-refractivity contribution in [2.45, 2.75) is 19.1 Å². The first-order valence-electron chi connectivity index (χ1n) is 6.52. The van der Waals surface area contributed by atoms with Crippen molar-refractivity contribution < 1.29 is 24.8 Å². The summed E-state index contributed by atoms with van der Waals surface area (Å²) in [6, 6.07) is 11.3. The zero-order valence-corrected chi connectivity index (χ0v) is 11.9. The summed E-state index contributed by atoms with van der Waals surface area (Å²) in [5.74, 6) is 0.583. The van der Waals surface area contributed by atoms with Gasteiger partial charge in [-0.15, -0.1) is 0 Å². The number of methoxy groups -OCH3 is 1. The Labute approximate surface area is 123 Å². The third-order valence-corrected chi connectivity index (χ3v) is 3.17. The molecule has 5 heteroatoms. The summed E-state index contributed by atoms with van der Waals surface area (Å²) in [5.41, 5.74) is 0.452. The third-order valence-electron chi connectivity index (χ3n) is 3.17. The molecule has 0 aromatic heterocycles. The van der Waals surface area contributed by atoms with Crippen LogP contribution in [0.2, 0.25) is 0 Å². The number of benzene rings is 2. The maximum atomic E-state index is 10.3. The van der Waals surface area contributed by atoms with Crippen LogP contribution in [0.25, 0.3) is 0 Å². The predicted octanol–water partition coefficient (Wildman–Crippen LogP) is 2.61. The highest BCUT2D eigenvalue weighted by Gasteiger charge is 2.20. The molecule has 5 nitrogen and oxygen atoms in total. The molecule has 3 N–H and O–H groups in total. The van der Waals surface area contributed by atoms with Gasteiger partial charge in [0.25, 0.3) is 0 Å². The Balaban J connectivity index is 2.15. The first-order chi connectivity index (χ1) is 10.0. The molecular weight excluding hydrogens is 272 g/mol. The molecular formula is C16H18O5. The van der Waals surface area contributed by atoms with E-state index in [2.05, 4.69) is 0 Å². The molecule has 0 aliphatic rings. The summed E-state index contributed by atoms with van der Waals surface area (Å²) in [6.07, 6.45) is -1.52. The van der Waals surface area contributed by atoms with Gasteiger partial charge >= 0.3 is 0 Å². The lowest BCUT2D eigenvalue weighted by Gasteiger charge is -2.22. The molecule has 2 unspecified atom stereocenters. The zero-order chi connectivity index (χ0) is 15.4. The SMILES string of the molecule is COc1ccccc1OC(C)C(O)c1ccc(O)c(O)c1. The van der Waals surface area contributed by atoms with Gasteiger partial charge in [-0.1, -0.05) is 18.2 Å². The number of aliphatic hydroxyl groups is 1. The average molecular weight is 290 g/mol. The van der Waals surface area contributed by atoms with Crippen LogP contribution in [0.5, 0.6) is 23.0 Å². The van der Waals surface area contributed by atoms with Gasteiger partial charge in [0.2, 0.25) is 0 Å². The van der Waals surface area contributed by atoms with Crippen LogP contribution in [0.15, 0.2) is 42.5 Å². The lowest BCUT2D eigenvalue weighted by Crippen LogP contribution is -2.21. The molecule has 0 spiro atoms. The number of hydrogen-bond donors (Lipinski definition) is 3. The number of rotatable bonds is 5. The molecule has 0 saturated carbocycles. The van der Waals surface area contributed by atoms with Crippen LogP contribution in [-0.2, 0) is 0 Å². The van der Waals surface area contributed by atoms with Crippen LogP contribution >= 0.6 is 0 Å². The maximum absolute atomic E-state index is 10.3. The predicted molar refractivity (Wildman–Crippen MR) is 77.8 cm³/mol. The first kappa shape index (κ1) is 15.0. The van der Waals surface area contributed by atoms with Crippen LogP contribution in [0, 0.1) is 0 Å². The second kappa shape index (κ2) is 6.37. The largest absolute Gasteiger partial charge is 0.504 e. The van der Waals surface area contributed by atoms with Gasteiger partial charge in [0.05, 0.1) is 7.11 Å². The van der Waals surface area contributed by atoms with Gasteiger partial charge in [0, 0.05) is 0 Å². The van der Waals surface area contributed by atoms with E-state index in [1.165, 1.54) is 18.2 Å². The summed E-state index contributed by atoms with van der Waals surface area (Å²) in [5, 5.41) is 29.0. The number of hydrogen-bond acceptors (Lipinski definition) is 5. The molecule has 0 aliphatic heterocycles. The summed E-state index contributed by atoms with van der Waals surface area (Å²) < 4.78 is 10.9. The fraction of sp³-hybridized carbons (Fsp3) is 0.250. The molecule has 2 rings (SSSR count). The van der Waals surface area contributed by atoms with Crippen molar-refractivity contribution >= 4 is 0 Å². The summed E-state index contributed by atoms with van der Waals surface area (Å²) in [6.45, 7) is 1.71. The summed E-state index contributed by atoms with van der Waals surface area (Å²) >= 11 is 0. The van der Waals surface area contributed by atoms with E-state index >= 15 is 0 Å². The van der Waals surface area contributed by atoms with E-state index in [9.17, 15) is 15.3 Å². The van der Waals surface area contributed by atoms with Crippen molar-refractivity contribution in [3.8, 4) is 23.0 Å². The third kappa shape index (κ3) is 3.38. The van der Waals surface area contributed by atoms with Crippen LogP contribution in [0.3, 0.4) is 0 Å². The first-order valence-corrected chi connectivity index (χ1v) is 6.52. The van der Waals surface area contributed by atoms with Gasteiger partial charge in [0.15, 0.2) is 23.0 Å². The van der Waals surface area contributed by atoms with Crippen molar-refractivity contribution in [2.24, 2.45) is 0 Å². The van der Waals surface area contributed by atoms with Gasteiger partial charge < -0.3 is 24.8 Å². The smallest absolute Gasteiger partial charge is 0.161 e. The Bertz CT molecular complexity index is 611. The van der Waals surface area contributed by atoms with Gasteiger partial charge in [-0.2, -0.15) is 0 Å². The molecule has 21 heavy (non-hydrogen) atoms. The van der Waals surface area contributed by atoms with Crippen LogP contribution in [0.4, 0.5) is 0 Å². The Morgan fingerprint density at radius 3 is 2.24 bits per heavy atom. The van der Waals surface area contributed by atoms with Crippen LogP contribution in [0.1, 0.15) is 18.6 Å². The van der Waals surface area contributed by atoms with Gasteiger partial charge in [-0.25, -0.2) is 0 Å². The Morgan fingerprint density at radius 2 is 1.62 bits per heavy atom. The molecule has 2 aromatic carbocycles. The normalized spacial score (nSPS) is 13.5. The summed E-state index contributed by atoms with van der Waals surface area (Å²) in [7, 11) is 1.54. The highest BCUT2D eigenvalue weighted by atomic mass is 16.5. The number of aromatic hydroxyl groups is 2. The molecule has 0 amide bonds. The minimum absolute atomic E-state index is 0.232. The summed E-state index contributed by atoms with van der Waals surface area (Å²) in [4.78, 5) is 0. The molecule has 0 bridgehead atoms. The molecule has 0 saturated heterocycles. The van der Waals surface area contributed by atoms with Crippen molar-refractivity contribution in [3.63, 3.8) is 0 Å². The molecule has 112 valence electrons. The molecule has 0 fully saturated rings. The monoisotopic (exact) mass is 290 g/mol. The van der Waals surface area contributed by atoms with Crippen LogP contribution in [-0.4, -0.2) is 28.5 Å². The lowest BCUT2D eigenvalue weighted by molar-refractivity contribution is 0.0450. The average Bonchev–Trinajstić information content (AvgIpc) is 2.49. The van der Waals surface area contributed by atoms with Crippen molar-refractivity contribution in [1.29, 1.82) is 0 Å². The Kier molecular flexibility index (Phi) is 4.55. The van der Waals surface area contributed by atoms with E-state index in [0.717, 1.165) is 0 Å². The molecule has 0 heterocycles. The van der Waals surface area contributed by atoms with Gasteiger partial charge in [-0.05, 0) is 36.8 Å². The fourth-order valence-corrected chi connectivity index (χ4v) is 1.98. The zero-order valence-electron chi connectivity index (χ0n) is 11.9. The van der Waals surface area contributed by atoms with E-state index in [1.54, 1.807) is 26.2 Å². The molecule has 0 radical (unpaired) electrons. The van der Waals surface area contributed by atoms with E-state index < -0.39 is 12.2 Å². The minimum atomic E-state index is -0.957.